The van der Waals surface area contributed by atoms with Crippen LogP contribution in [0, 0.1) is 0 Å². The maximum Gasteiger partial charge on any atom is 0.213 e. The second kappa shape index (κ2) is 8.49. The van der Waals surface area contributed by atoms with Crippen LogP contribution in [0.15, 0.2) is 42.6 Å². The lowest BCUT2D eigenvalue weighted by atomic mass is 10.0. The third kappa shape index (κ3) is 4.34. The summed E-state index contributed by atoms with van der Waals surface area (Å²) >= 11 is 0. The van der Waals surface area contributed by atoms with Crippen LogP contribution >= 0.6 is 0 Å². The van der Waals surface area contributed by atoms with Crippen molar-refractivity contribution in [1.29, 1.82) is 0 Å². The predicted octanol–water partition coefficient (Wildman–Crippen LogP) is 3.95. The van der Waals surface area contributed by atoms with E-state index < -0.39 is 0 Å². The molecule has 0 aliphatic heterocycles. The molecule has 140 valence electrons. The molecular formula is C21H22N2O4. The highest BCUT2D eigenvalue weighted by Crippen LogP contribution is 2.28. The normalized spacial score (nSPS) is 10.7. The number of hydrogen-bond donors (Lipinski definition) is 1. The van der Waals surface area contributed by atoms with Gasteiger partial charge in [-0.3, -0.25) is 4.79 Å². The van der Waals surface area contributed by atoms with Crippen LogP contribution in [0.3, 0.4) is 0 Å². The second-order valence-electron chi connectivity index (χ2n) is 6.19. The van der Waals surface area contributed by atoms with E-state index in [2.05, 4.69) is 16.9 Å². The van der Waals surface area contributed by atoms with E-state index in [4.69, 9.17) is 9.47 Å². The summed E-state index contributed by atoms with van der Waals surface area (Å²) in [5.74, 6) is 0.316. The zero-order valence-corrected chi connectivity index (χ0v) is 15.4. The van der Waals surface area contributed by atoms with E-state index in [1.54, 1.807) is 0 Å². The van der Waals surface area contributed by atoms with Gasteiger partial charge in [0.1, 0.15) is 0 Å². The number of Topliss-reactive ketones (excluding diaryl/α,β-unsaturated/α-hetero) is 1. The van der Waals surface area contributed by atoms with Crippen LogP contribution in [-0.2, 0) is 6.42 Å². The molecular weight excluding hydrogens is 344 g/mol. The number of aromatic nitrogens is 2. The van der Waals surface area contributed by atoms with Crippen molar-refractivity contribution < 1.29 is 19.4 Å². The molecule has 3 rings (SSSR count). The average Bonchev–Trinajstić information content (AvgIpc) is 2.68. The Morgan fingerprint density at radius 3 is 2.81 bits per heavy atom. The van der Waals surface area contributed by atoms with E-state index in [9.17, 15) is 9.90 Å². The molecule has 1 N–H and O–H groups in total. The van der Waals surface area contributed by atoms with Crippen LogP contribution in [0.4, 0.5) is 0 Å². The number of pyridine rings is 2. The molecule has 0 fully saturated rings. The summed E-state index contributed by atoms with van der Waals surface area (Å²) in [6.45, 7) is 2.76. The summed E-state index contributed by atoms with van der Waals surface area (Å²) in [6, 6.07) is 10.9. The van der Waals surface area contributed by atoms with E-state index in [1.165, 1.54) is 19.4 Å². The Kier molecular flexibility index (Phi) is 5.86. The van der Waals surface area contributed by atoms with Gasteiger partial charge in [0.15, 0.2) is 23.0 Å². The number of unbranched alkanes of at least 4 members (excludes halogenated alkanes) is 1. The van der Waals surface area contributed by atoms with Gasteiger partial charge in [0.25, 0.3) is 0 Å². The molecule has 1 aromatic carbocycles. The third-order valence-electron chi connectivity index (χ3n) is 4.21. The Morgan fingerprint density at radius 2 is 2.04 bits per heavy atom. The van der Waals surface area contributed by atoms with Crippen molar-refractivity contribution in [2.75, 3.05) is 13.7 Å². The standard InChI is InChI=1S/C21H22N2O4/c1-3-4-11-27-19-8-6-15-12-14(5-7-16(15)23-19)13-17(24)20-21(25)18(26-2)9-10-22-20/h5-10,12,25H,3-4,11,13H2,1-2H3. The fourth-order valence-corrected chi connectivity index (χ4v) is 2.74. The molecule has 0 amide bonds. The first-order valence-electron chi connectivity index (χ1n) is 8.90. The first-order valence-corrected chi connectivity index (χ1v) is 8.90. The van der Waals surface area contributed by atoms with Gasteiger partial charge in [0, 0.05) is 30.1 Å². The molecule has 0 atom stereocenters. The van der Waals surface area contributed by atoms with E-state index >= 15 is 0 Å². The Bertz CT molecular complexity index is 956. The number of carbonyl (C=O) groups is 1. The van der Waals surface area contributed by atoms with Crippen molar-refractivity contribution in [3.63, 3.8) is 0 Å². The fourth-order valence-electron chi connectivity index (χ4n) is 2.74. The highest BCUT2D eigenvalue weighted by atomic mass is 16.5. The quantitative estimate of drug-likeness (QED) is 0.480. The van der Waals surface area contributed by atoms with Gasteiger partial charge in [-0.25, -0.2) is 9.97 Å². The number of ketones is 1. The zero-order chi connectivity index (χ0) is 19.2. The van der Waals surface area contributed by atoms with Gasteiger partial charge in [-0.05, 0) is 30.2 Å². The molecule has 2 heterocycles. The summed E-state index contributed by atoms with van der Waals surface area (Å²) < 4.78 is 10.7. The van der Waals surface area contributed by atoms with E-state index in [-0.39, 0.29) is 29.4 Å². The lowest BCUT2D eigenvalue weighted by Gasteiger charge is -2.08. The Labute approximate surface area is 157 Å². The Balaban J connectivity index is 1.77. The summed E-state index contributed by atoms with van der Waals surface area (Å²) in [7, 11) is 1.43. The number of nitrogens with zero attached hydrogens (tertiary/aromatic N) is 2. The smallest absolute Gasteiger partial charge is 0.213 e. The van der Waals surface area contributed by atoms with Crippen molar-refractivity contribution in [3.05, 3.63) is 53.9 Å². The summed E-state index contributed by atoms with van der Waals surface area (Å²) in [4.78, 5) is 21.0. The molecule has 0 aliphatic rings. The summed E-state index contributed by atoms with van der Waals surface area (Å²) in [5, 5.41) is 11.0. The minimum atomic E-state index is -0.279. The maximum atomic E-state index is 12.5. The molecule has 0 saturated carbocycles. The van der Waals surface area contributed by atoms with Crippen LogP contribution in [0.25, 0.3) is 10.9 Å². The number of rotatable bonds is 8. The fraction of sp³-hybridized carbons (Fsp3) is 0.286. The zero-order valence-electron chi connectivity index (χ0n) is 15.4. The number of methoxy groups -OCH3 is 1. The Morgan fingerprint density at radius 1 is 1.19 bits per heavy atom. The van der Waals surface area contributed by atoms with Crippen LogP contribution in [0.1, 0.15) is 35.8 Å². The number of carbonyl (C=O) groups excluding carboxylic acids is 1. The number of benzene rings is 1. The molecule has 0 saturated heterocycles. The van der Waals surface area contributed by atoms with E-state index in [0.717, 1.165) is 29.3 Å². The minimum absolute atomic E-state index is 0.00671. The van der Waals surface area contributed by atoms with Crippen molar-refractivity contribution in [2.24, 2.45) is 0 Å². The highest BCUT2D eigenvalue weighted by Gasteiger charge is 2.17. The van der Waals surface area contributed by atoms with Gasteiger partial charge in [-0.1, -0.05) is 19.4 Å². The number of ether oxygens (including phenoxy) is 2. The SMILES string of the molecule is CCCCOc1ccc2cc(CC(=O)c3nccc(OC)c3O)ccc2n1. The largest absolute Gasteiger partial charge is 0.503 e. The third-order valence-corrected chi connectivity index (χ3v) is 4.21. The molecule has 0 unspecified atom stereocenters. The molecule has 27 heavy (non-hydrogen) atoms. The van der Waals surface area contributed by atoms with Crippen molar-refractivity contribution in [3.8, 4) is 17.4 Å². The number of fused-ring (bicyclic) bond motifs is 1. The lowest BCUT2D eigenvalue weighted by Crippen LogP contribution is -2.07. The second-order valence-corrected chi connectivity index (χ2v) is 6.19. The van der Waals surface area contributed by atoms with Crippen molar-refractivity contribution in [2.45, 2.75) is 26.2 Å². The highest BCUT2D eigenvalue weighted by molar-refractivity contribution is 5.99. The Hall–Kier alpha value is -3.15. The average molecular weight is 366 g/mol. The predicted molar refractivity (Wildman–Crippen MR) is 103 cm³/mol. The van der Waals surface area contributed by atoms with Gasteiger partial charge in [0.05, 0.1) is 19.2 Å². The van der Waals surface area contributed by atoms with Crippen LogP contribution in [0.5, 0.6) is 17.4 Å². The minimum Gasteiger partial charge on any atom is -0.503 e. The molecule has 0 bridgehead atoms. The molecule has 0 spiro atoms. The van der Waals surface area contributed by atoms with Crippen molar-refractivity contribution >= 4 is 16.7 Å². The number of aromatic hydroxyl groups is 1. The van der Waals surface area contributed by atoms with Gasteiger partial charge >= 0.3 is 0 Å². The topological polar surface area (TPSA) is 81.5 Å². The first kappa shape index (κ1) is 18.6. The summed E-state index contributed by atoms with van der Waals surface area (Å²) in [6.07, 6.45) is 3.63. The molecule has 6 heteroatoms. The molecule has 0 radical (unpaired) electrons. The molecule has 3 aromatic rings. The molecule has 6 nitrogen and oxygen atoms in total. The summed E-state index contributed by atoms with van der Waals surface area (Å²) in [5.41, 5.74) is 1.63. The van der Waals surface area contributed by atoms with Gasteiger partial charge in [0.2, 0.25) is 5.88 Å². The van der Waals surface area contributed by atoms with Gasteiger partial charge in [-0.15, -0.1) is 0 Å². The molecule has 0 aliphatic carbocycles. The molecule has 2 aromatic heterocycles. The van der Waals surface area contributed by atoms with Crippen LogP contribution in [0.2, 0.25) is 0 Å². The lowest BCUT2D eigenvalue weighted by molar-refractivity contribution is 0.0984. The van der Waals surface area contributed by atoms with E-state index in [1.807, 2.05) is 30.3 Å². The monoisotopic (exact) mass is 366 g/mol. The number of hydrogen-bond acceptors (Lipinski definition) is 6. The van der Waals surface area contributed by atoms with Crippen LogP contribution in [-0.4, -0.2) is 34.6 Å². The van der Waals surface area contributed by atoms with Gasteiger partial charge in [-0.2, -0.15) is 0 Å². The van der Waals surface area contributed by atoms with E-state index in [0.29, 0.717) is 12.5 Å². The van der Waals surface area contributed by atoms with Gasteiger partial charge < -0.3 is 14.6 Å². The maximum absolute atomic E-state index is 12.5. The van der Waals surface area contributed by atoms with Crippen molar-refractivity contribution in [1.82, 2.24) is 9.97 Å². The van der Waals surface area contributed by atoms with Crippen LogP contribution < -0.4 is 9.47 Å². The first-order chi connectivity index (χ1) is 13.1.